The van der Waals surface area contributed by atoms with Gasteiger partial charge in [0, 0.05) is 32.2 Å². The zero-order chi connectivity index (χ0) is 13.0. The summed E-state index contributed by atoms with van der Waals surface area (Å²) in [4.78, 5) is 16.0. The fraction of sp³-hybridized carbons (Fsp3) is 0.917. The van der Waals surface area contributed by atoms with Gasteiger partial charge in [0.1, 0.15) is 0 Å². The third-order valence-corrected chi connectivity index (χ3v) is 3.33. The molecule has 5 nitrogen and oxygen atoms in total. The number of rotatable bonds is 4. The van der Waals surface area contributed by atoms with Gasteiger partial charge in [-0.15, -0.1) is 0 Å². The molecule has 3 N–H and O–H groups in total. The van der Waals surface area contributed by atoms with Crippen LogP contribution in [0.15, 0.2) is 0 Å². The summed E-state index contributed by atoms with van der Waals surface area (Å²) in [5.74, 6) is 0.0519. The molecule has 0 radical (unpaired) electrons. The Morgan fingerprint density at radius 1 is 1.53 bits per heavy atom. The van der Waals surface area contributed by atoms with E-state index in [1.165, 1.54) is 0 Å². The largest absolute Gasteiger partial charge is 0.392 e. The molecule has 0 aliphatic carbocycles. The summed E-state index contributed by atoms with van der Waals surface area (Å²) >= 11 is 0. The minimum atomic E-state index is -0.370. The third-order valence-electron chi connectivity index (χ3n) is 3.33. The molecule has 1 aliphatic rings. The van der Waals surface area contributed by atoms with Crippen LogP contribution in [-0.2, 0) is 4.79 Å². The van der Waals surface area contributed by atoms with Crippen LogP contribution in [0, 0.1) is 0 Å². The number of aliphatic hydroxyl groups excluding tert-OH is 1. The van der Waals surface area contributed by atoms with E-state index in [1.54, 1.807) is 6.92 Å². The SMILES string of the molecule is CC[C@H](N)C(=O)N1CCN(CC(C)O)C(C)C1. The summed E-state index contributed by atoms with van der Waals surface area (Å²) in [5.41, 5.74) is 5.76. The fourth-order valence-electron chi connectivity index (χ4n) is 2.22. The summed E-state index contributed by atoms with van der Waals surface area (Å²) < 4.78 is 0. The Labute approximate surface area is 104 Å². The number of carbonyl (C=O) groups is 1. The lowest BCUT2D eigenvalue weighted by molar-refractivity contribution is -0.135. The lowest BCUT2D eigenvalue weighted by Gasteiger charge is -2.41. The quantitative estimate of drug-likeness (QED) is 0.707. The van der Waals surface area contributed by atoms with Crippen molar-refractivity contribution in [1.29, 1.82) is 0 Å². The molecule has 1 amide bonds. The Kier molecular flexibility index (Phi) is 5.36. The third kappa shape index (κ3) is 3.94. The lowest BCUT2D eigenvalue weighted by atomic mass is 10.1. The zero-order valence-electron chi connectivity index (χ0n) is 11.1. The highest BCUT2D eigenvalue weighted by Gasteiger charge is 2.28. The van der Waals surface area contributed by atoms with Crippen molar-refractivity contribution in [2.75, 3.05) is 26.2 Å². The van der Waals surface area contributed by atoms with Crippen LogP contribution in [0.4, 0.5) is 0 Å². The number of β-amino-alcohol motifs (C(OH)–C–C–N with tert-alkyl or cyclic N) is 1. The van der Waals surface area contributed by atoms with Crippen molar-refractivity contribution in [2.45, 2.75) is 45.4 Å². The van der Waals surface area contributed by atoms with Gasteiger partial charge in [0.15, 0.2) is 0 Å². The van der Waals surface area contributed by atoms with Gasteiger partial charge < -0.3 is 15.7 Å². The Balaban J connectivity index is 2.49. The maximum absolute atomic E-state index is 11.9. The van der Waals surface area contributed by atoms with E-state index in [1.807, 2.05) is 11.8 Å². The normalized spacial score (nSPS) is 25.7. The standard InChI is InChI=1S/C12H25N3O2/c1-4-11(13)12(17)15-6-5-14(8-10(3)16)9(2)7-15/h9-11,16H,4-8,13H2,1-3H3/t9?,10?,11-/m0/s1. The van der Waals surface area contributed by atoms with Crippen LogP contribution in [0.5, 0.6) is 0 Å². The first-order chi connectivity index (χ1) is 7.95. The maximum Gasteiger partial charge on any atom is 0.239 e. The van der Waals surface area contributed by atoms with Gasteiger partial charge in [-0.25, -0.2) is 0 Å². The minimum Gasteiger partial charge on any atom is -0.392 e. The summed E-state index contributed by atoms with van der Waals surface area (Å²) in [6, 6.07) is -0.0862. The van der Waals surface area contributed by atoms with E-state index in [-0.39, 0.29) is 24.1 Å². The molecular formula is C12H25N3O2. The molecule has 5 heteroatoms. The van der Waals surface area contributed by atoms with Crippen molar-refractivity contribution in [3.8, 4) is 0 Å². The predicted octanol–water partition coefficient (Wildman–Crippen LogP) is -0.363. The van der Waals surface area contributed by atoms with Crippen LogP contribution in [0.1, 0.15) is 27.2 Å². The van der Waals surface area contributed by atoms with Gasteiger partial charge >= 0.3 is 0 Å². The molecule has 100 valence electrons. The number of nitrogens with zero attached hydrogens (tertiary/aromatic N) is 2. The van der Waals surface area contributed by atoms with Gasteiger partial charge in [0.25, 0.3) is 0 Å². The average Bonchev–Trinajstić information content (AvgIpc) is 2.29. The van der Waals surface area contributed by atoms with Gasteiger partial charge in [-0.05, 0) is 20.3 Å². The first kappa shape index (κ1) is 14.4. The number of carbonyl (C=O) groups excluding carboxylic acids is 1. The van der Waals surface area contributed by atoms with Gasteiger partial charge in [-0.3, -0.25) is 9.69 Å². The highest BCUT2D eigenvalue weighted by molar-refractivity contribution is 5.81. The van der Waals surface area contributed by atoms with Crippen LogP contribution in [0.25, 0.3) is 0 Å². The maximum atomic E-state index is 11.9. The Hall–Kier alpha value is -0.650. The lowest BCUT2D eigenvalue weighted by Crippen LogP contribution is -2.57. The molecule has 0 saturated carbocycles. The molecule has 0 aromatic rings. The number of aliphatic hydroxyl groups is 1. The van der Waals surface area contributed by atoms with Gasteiger partial charge in [0.2, 0.25) is 5.91 Å². The summed E-state index contributed by atoms with van der Waals surface area (Å²) in [7, 11) is 0. The molecule has 0 bridgehead atoms. The number of piperazine rings is 1. The minimum absolute atomic E-state index is 0.0519. The predicted molar refractivity (Wildman–Crippen MR) is 67.6 cm³/mol. The molecule has 1 rings (SSSR count). The second-order valence-electron chi connectivity index (χ2n) is 4.99. The number of amides is 1. The number of hydrogen-bond acceptors (Lipinski definition) is 4. The molecule has 1 saturated heterocycles. The molecule has 1 fully saturated rings. The van der Waals surface area contributed by atoms with Gasteiger partial charge in [-0.2, -0.15) is 0 Å². The highest BCUT2D eigenvalue weighted by Crippen LogP contribution is 2.11. The van der Waals surface area contributed by atoms with E-state index in [2.05, 4.69) is 11.8 Å². The molecule has 17 heavy (non-hydrogen) atoms. The Bertz CT molecular complexity index is 258. The first-order valence-corrected chi connectivity index (χ1v) is 6.42. The molecule has 3 atom stereocenters. The van der Waals surface area contributed by atoms with E-state index < -0.39 is 0 Å². The van der Waals surface area contributed by atoms with Crippen LogP contribution in [-0.4, -0.2) is 65.2 Å². The van der Waals surface area contributed by atoms with Crippen molar-refractivity contribution < 1.29 is 9.90 Å². The van der Waals surface area contributed by atoms with Crippen molar-refractivity contribution >= 4 is 5.91 Å². The summed E-state index contributed by atoms with van der Waals surface area (Å²) in [6.07, 6.45) is 0.360. The van der Waals surface area contributed by atoms with E-state index in [9.17, 15) is 9.90 Å². The molecule has 0 aromatic carbocycles. The average molecular weight is 243 g/mol. The van der Waals surface area contributed by atoms with Crippen LogP contribution < -0.4 is 5.73 Å². The Morgan fingerprint density at radius 2 is 2.18 bits per heavy atom. The molecule has 0 aromatic heterocycles. The first-order valence-electron chi connectivity index (χ1n) is 6.42. The Morgan fingerprint density at radius 3 is 2.65 bits per heavy atom. The topological polar surface area (TPSA) is 69.8 Å². The monoisotopic (exact) mass is 243 g/mol. The number of nitrogens with two attached hydrogens (primary N) is 1. The van der Waals surface area contributed by atoms with E-state index in [4.69, 9.17) is 5.73 Å². The van der Waals surface area contributed by atoms with E-state index >= 15 is 0 Å². The van der Waals surface area contributed by atoms with E-state index in [0.717, 1.165) is 6.54 Å². The second-order valence-corrected chi connectivity index (χ2v) is 4.99. The van der Waals surface area contributed by atoms with Gasteiger partial charge in [0.05, 0.1) is 12.1 Å². The molecule has 1 aliphatic heterocycles. The smallest absolute Gasteiger partial charge is 0.239 e. The van der Waals surface area contributed by atoms with E-state index in [0.29, 0.717) is 26.1 Å². The van der Waals surface area contributed by atoms with Crippen molar-refractivity contribution in [2.24, 2.45) is 5.73 Å². The van der Waals surface area contributed by atoms with Gasteiger partial charge in [-0.1, -0.05) is 6.92 Å². The summed E-state index contributed by atoms with van der Waals surface area (Å²) in [6.45, 7) is 8.70. The molecular weight excluding hydrogens is 218 g/mol. The second kappa shape index (κ2) is 6.33. The van der Waals surface area contributed by atoms with Crippen molar-refractivity contribution in [3.05, 3.63) is 0 Å². The molecule has 0 spiro atoms. The summed E-state index contributed by atoms with van der Waals surface area (Å²) in [5, 5.41) is 9.38. The van der Waals surface area contributed by atoms with Crippen LogP contribution in [0.3, 0.4) is 0 Å². The number of hydrogen-bond donors (Lipinski definition) is 2. The van der Waals surface area contributed by atoms with Crippen molar-refractivity contribution in [3.63, 3.8) is 0 Å². The molecule has 1 heterocycles. The highest BCUT2D eigenvalue weighted by atomic mass is 16.3. The molecule has 2 unspecified atom stereocenters. The fourth-order valence-corrected chi connectivity index (χ4v) is 2.22. The van der Waals surface area contributed by atoms with Crippen molar-refractivity contribution in [1.82, 2.24) is 9.80 Å². The zero-order valence-corrected chi connectivity index (χ0v) is 11.1. The van der Waals surface area contributed by atoms with Crippen LogP contribution in [0.2, 0.25) is 0 Å². The van der Waals surface area contributed by atoms with Crippen LogP contribution >= 0.6 is 0 Å².